The van der Waals surface area contributed by atoms with Gasteiger partial charge in [0.2, 0.25) is 0 Å². The van der Waals surface area contributed by atoms with E-state index in [4.69, 9.17) is 17.0 Å². The summed E-state index contributed by atoms with van der Waals surface area (Å²) in [5.41, 5.74) is 4.14. The van der Waals surface area contributed by atoms with Gasteiger partial charge in [0.25, 0.3) is 0 Å². The van der Waals surface area contributed by atoms with E-state index >= 15 is 0 Å². The smallest absolute Gasteiger partial charge is 0.174 e. The van der Waals surface area contributed by atoms with Crippen molar-refractivity contribution in [3.63, 3.8) is 0 Å². The van der Waals surface area contributed by atoms with Crippen LogP contribution in [0.5, 0.6) is 5.75 Å². The molecule has 32 heavy (non-hydrogen) atoms. The molecule has 2 aromatic carbocycles. The van der Waals surface area contributed by atoms with E-state index in [9.17, 15) is 0 Å². The fourth-order valence-electron chi connectivity index (χ4n) is 4.15. The summed E-state index contributed by atoms with van der Waals surface area (Å²) < 4.78 is 8.56. The molecule has 3 heterocycles. The summed E-state index contributed by atoms with van der Waals surface area (Å²) in [6, 6.07) is 26.3. The Balaban J connectivity index is 1.64. The molecule has 1 N–H and O–H groups in total. The number of pyridine rings is 1. The van der Waals surface area contributed by atoms with Crippen molar-refractivity contribution in [1.29, 1.82) is 0 Å². The standard InChI is InChI=1S/C25H21BrN4OS/c1-31-20-13-11-18(12-14-20)29-16-4-6-22(29)24-23(21-5-2-3-15-27-21)28-25(32)30(24)19-9-7-17(26)8-10-19/h2-16,23-24H,1H3,(H,28,32)/t23-,24-/m1/s1. The number of methoxy groups -OCH3 is 1. The van der Waals surface area contributed by atoms with Gasteiger partial charge in [-0.05, 0) is 85.0 Å². The monoisotopic (exact) mass is 504 g/mol. The molecule has 0 spiro atoms. The minimum atomic E-state index is -0.0979. The Bertz CT molecular complexity index is 1230. The Morgan fingerprint density at radius 2 is 1.69 bits per heavy atom. The molecule has 0 aliphatic carbocycles. The first-order valence-electron chi connectivity index (χ1n) is 10.2. The SMILES string of the molecule is COc1ccc(-n2cccc2[C@@H]2[C@@H](c3ccccn3)NC(=S)N2c2ccc(Br)cc2)cc1. The summed E-state index contributed by atoms with van der Waals surface area (Å²) in [5.74, 6) is 0.828. The van der Waals surface area contributed by atoms with E-state index in [-0.39, 0.29) is 12.1 Å². The Morgan fingerprint density at radius 3 is 2.38 bits per heavy atom. The van der Waals surface area contributed by atoms with E-state index in [1.807, 2.05) is 48.7 Å². The number of hydrogen-bond donors (Lipinski definition) is 1. The lowest BCUT2D eigenvalue weighted by Crippen LogP contribution is -2.30. The lowest BCUT2D eigenvalue weighted by Gasteiger charge is -2.29. The van der Waals surface area contributed by atoms with Gasteiger partial charge in [0.15, 0.2) is 5.11 Å². The topological polar surface area (TPSA) is 42.3 Å². The second-order valence-corrected chi connectivity index (χ2v) is 8.78. The molecule has 0 amide bonds. The van der Waals surface area contributed by atoms with Crippen molar-refractivity contribution in [3.8, 4) is 11.4 Å². The zero-order valence-electron chi connectivity index (χ0n) is 17.4. The predicted octanol–water partition coefficient (Wildman–Crippen LogP) is 5.82. The Labute approximate surface area is 200 Å². The molecule has 1 aliphatic rings. The minimum absolute atomic E-state index is 0.0873. The zero-order chi connectivity index (χ0) is 22.1. The number of nitrogens with zero attached hydrogens (tertiary/aromatic N) is 3. The van der Waals surface area contributed by atoms with Crippen molar-refractivity contribution in [2.24, 2.45) is 0 Å². The Hall–Kier alpha value is -3.16. The second kappa shape index (κ2) is 8.76. The van der Waals surface area contributed by atoms with Gasteiger partial charge in [0, 0.05) is 33.9 Å². The van der Waals surface area contributed by atoms with E-state index in [0.29, 0.717) is 5.11 Å². The van der Waals surface area contributed by atoms with Gasteiger partial charge in [0.1, 0.15) is 11.8 Å². The number of anilines is 1. The lowest BCUT2D eigenvalue weighted by atomic mass is 10.0. The van der Waals surface area contributed by atoms with Crippen LogP contribution in [0.4, 0.5) is 5.69 Å². The first kappa shape index (κ1) is 20.7. The van der Waals surface area contributed by atoms with Crippen LogP contribution in [0.25, 0.3) is 5.69 Å². The van der Waals surface area contributed by atoms with Gasteiger partial charge in [-0.2, -0.15) is 0 Å². The maximum absolute atomic E-state index is 5.83. The van der Waals surface area contributed by atoms with E-state index in [1.54, 1.807) is 7.11 Å². The van der Waals surface area contributed by atoms with Gasteiger partial charge >= 0.3 is 0 Å². The van der Waals surface area contributed by atoms with E-state index in [2.05, 4.69) is 78.3 Å². The van der Waals surface area contributed by atoms with E-state index < -0.39 is 0 Å². The van der Waals surface area contributed by atoms with Gasteiger partial charge in [-0.25, -0.2) is 0 Å². The third-order valence-electron chi connectivity index (χ3n) is 5.64. The highest BCUT2D eigenvalue weighted by molar-refractivity contribution is 9.10. The van der Waals surface area contributed by atoms with Gasteiger partial charge < -0.3 is 19.5 Å². The third-order valence-corrected chi connectivity index (χ3v) is 6.48. The molecule has 5 rings (SSSR count). The molecule has 0 bridgehead atoms. The van der Waals surface area contributed by atoms with Crippen LogP contribution in [0.2, 0.25) is 0 Å². The van der Waals surface area contributed by atoms with Crippen molar-refractivity contribution >= 4 is 38.9 Å². The highest BCUT2D eigenvalue weighted by Gasteiger charge is 2.42. The number of benzene rings is 2. The first-order valence-corrected chi connectivity index (χ1v) is 11.4. The number of nitrogens with one attached hydrogen (secondary N) is 1. The van der Waals surface area contributed by atoms with Crippen molar-refractivity contribution < 1.29 is 4.74 Å². The number of aromatic nitrogens is 2. The molecule has 0 radical (unpaired) electrons. The summed E-state index contributed by atoms with van der Waals surface area (Å²) in [7, 11) is 1.68. The third kappa shape index (κ3) is 3.78. The van der Waals surface area contributed by atoms with Crippen molar-refractivity contribution in [2.45, 2.75) is 12.1 Å². The molecule has 1 fully saturated rings. The molecule has 1 saturated heterocycles. The summed E-state index contributed by atoms with van der Waals surface area (Å²) >= 11 is 9.36. The van der Waals surface area contributed by atoms with Gasteiger partial charge in [-0.3, -0.25) is 4.98 Å². The number of ether oxygens (including phenoxy) is 1. The average molecular weight is 505 g/mol. The van der Waals surface area contributed by atoms with E-state index in [1.165, 1.54) is 0 Å². The highest BCUT2D eigenvalue weighted by atomic mass is 79.9. The summed E-state index contributed by atoms with van der Waals surface area (Å²) in [6.07, 6.45) is 3.90. The molecular weight excluding hydrogens is 484 g/mol. The Kier molecular flexibility index (Phi) is 5.68. The van der Waals surface area contributed by atoms with Crippen LogP contribution in [-0.4, -0.2) is 21.8 Å². The fraction of sp³-hybridized carbons (Fsp3) is 0.120. The van der Waals surface area contributed by atoms with Crippen LogP contribution >= 0.6 is 28.1 Å². The van der Waals surface area contributed by atoms with Crippen LogP contribution in [0.1, 0.15) is 23.5 Å². The molecule has 1 aliphatic heterocycles. The molecule has 5 nitrogen and oxygen atoms in total. The van der Waals surface area contributed by atoms with Gasteiger partial charge in [0.05, 0.1) is 18.8 Å². The summed E-state index contributed by atoms with van der Waals surface area (Å²) in [6.45, 7) is 0. The molecule has 0 saturated carbocycles. The van der Waals surface area contributed by atoms with Crippen LogP contribution in [0.3, 0.4) is 0 Å². The number of halogens is 1. The predicted molar refractivity (Wildman–Crippen MR) is 134 cm³/mol. The van der Waals surface area contributed by atoms with Crippen molar-refractivity contribution in [3.05, 3.63) is 107 Å². The van der Waals surface area contributed by atoms with Gasteiger partial charge in [-0.15, -0.1) is 0 Å². The van der Waals surface area contributed by atoms with Crippen molar-refractivity contribution in [2.75, 3.05) is 12.0 Å². The first-order chi connectivity index (χ1) is 15.7. The largest absolute Gasteiger partial charge is 0.497 e. The molecule has 160 valence electrons. The summed E-state index contributed by atoms with van der Waals surface area (Å²) in [4.78, 5) is 6.82. The maximum Gasteiger partial charge on any atom is 0.174 e. The number of hydrogen-bond acceptors (Lipinski definition) is 3. The molecule has 2 aromatic heterocycles. The highest BCUT2D eigenvalue weighted by Crippen LogP contribution is 2.42. The quantitative estimate of drug-likeness (QED) is 0.346. The fourth-order valence-corrected chi connectivity index (χ4v) is 4.76. The minimum Gasteiger partial charge on any atom is -0.497 e. The van der Waals surface area contributed by atoms with Crippen molar-refractivity contribution in [1.82, 2.24) is 14.9 Å². The molecular formula is C25H21BrN4OS. The molecule has 0 unspecified atom stereocenters. The molecule has 7 heteroatoms. The van der Waals surface area contributed by atoms with Crippen LogP contribution < -0.4 is 15.0 Å². The maximum atomic E-state index is 5.83. The summed E-state index contributed by atoms with van der Waals surface area (Å²) in [5, 5.41) is 4.19. The zero-order valence-corrected chi connectivity index (χ0v) is 19.8. The van der Waals surface area contributed by atoms with E-state index in [0.717, 1.165) is 33.0 Å². The number of rotatable bonds is 5. The van der Waals surface area contributed by atoms with Crippen LogP contribution in [0, 0.1) is 0 Å². The van der Waals surface area contributed by atoms with Crippen LogP contribution in [-0.2, 0) is 0 Å². The number of thiocarbonyl (C=S) groups is 1. The molecule has 2 atom stereocenters. The lowest BCUT2D eigenvalue weighted by molar-refractivity contribution is 0.414. The van der Waals surface area contributed by atoms with Crippen LogP contribution in [0.15, 0.2) is 95.7 Å². The Morgan fingerprint density at radius 1 is 0.938 bits per heavy atom. The van der Waals surface area contributed by atoms with Gasteiger partial charge in [-0.1, -0.05) is 22.0 Å². The average Bonchev–Trinajstić information content (AvgIpc) is 3.44. The molecule has 4 aromatic rings. The second-order valence-electron chi connectivity index (χ2n) is 7.47. The normalized spacial score (nSPS) is 17.9.